The third kappa shape index (κ3) is 3.01. The van der Waals surface area contributed by atoms with Gasteiger partial charge in [0.2, 0.25) is 10.0 Å². The number of aliphatic carboxylic acids is 1. The van der Waals surface area contributed by atoms with E-state index in [1.165, 1.54) is 4.68 Å². The summed E-state index contributed by atoms with van der Waals surface area (Å²) in [5.74, 6) is -0.570. The minimum absolute atomic E-state index is 0.00108. The Kier molecular flexibility index (Phi) is 3.88. The number of nitrogens with one attached hydrogen (secondary N) is 1. The molecule has 0 radical (unpaired) electrons. The van der Waals surface area contributed by atoms with Crippen molar-refractivity contribution in [3.8, 4) is 0 Å². The number of sulfonamides is 1. The Morgan fingerprint density at radius 2 is 2.10 bits per heavy atom. The lowest BCUT2D eigenvalue weighted by atomic mass is 10.4. The zero-order valence-corrected chi connectivity index (χ0v) is 12.6. The molecule has 0 spiro atoms. The standard InChI is InChI=1S/C12H19N3O4S/c1-7-6-10(7)14-20(18,19)12-8(2)13-15(9(12)3)5-4-11(16)17/h7,10,14H,4-6H2,1-3H3,(H,16,17). The molecule has 2 rings (SSSR count). The predicted molar refractivity (Wildman–Crippen MR) is 71.8 cm³/mol. The number of aromatic nitrogens is 2. The van der Waals surface area contributed by atoms with Gasteiger partial charge in [0.1, 0.15) is 4.90 Å². The fraction of sp³-hybridized carbons (Fsp3) is 0.667. The minimum Gasteiger partial charge on any atom is -0.481 e. The van der Waals surface area contributed by atoms with Crippen LogP contribution in [0.15, 0.2) is 4.90 Å². The number of nitrogens with zero attached hydrogens (tertiary/aromatic N) is 2. The van der Waals surface area contributed by atoms with Gasteiger partial charge in [-0.05, 0) is 26.2 Å². The van der Waals surface area contributed by atoms with E-state index in [0.717, 1.165) is 6.42 Å². The van der Waals surface area contributed by atoms with Crippen LogP contribution in [0.2, 0.25) is 0 Å². The van der Waals surface area contributed by atoms with Crippen LogP contribution in [0, 0.1) is 19.8 Å². The van der Waals surface area contributed by atoms with Gasteiger partial charge in [0.05, 0.1) is 24.4 Å². The van der Waals surface area contributed by atoms with E-state index in [-0.39, 0.29) is 23.9 Å². The molecule has 2 unspecified atom stereocenters. The van der Waals surface area contributed by atoms with Gasteiger partial charge < -0.3 is 5.11 Å². The minimum atomic E-state index is -3.59. The first-order valence-corrected chi connectivity index (χ1v) is 7.99. The summed E-state index contributed by atoms with van der Waals surface area (Å²) in [6.45, 7) is 5.42. The van der Waals surface area contributed by atoms with Crippen LogP contribution in [0.4, 0.5) is 0 Å². The third-order valence-corrected chi connectivity index (χ3v) is 5.28. The van der Waals surface area contributed by atoms with Crippen LogP contribution in [0.25, 0.3) is 0 Å². The molecule has 0 aromatic carbocycles. The molecule has 0 bridgehead atoms. The Hall–Kier alpha value is -1.41. The highest BCUT2D eigenvalue weighted by atomic mass is 32.2. The molecule has 1 aromatic rings. The largest absolute Gasteiger partial charge is 0.481 e. The summed E-state index contributed by atoms with van der Waals surface area (Å²) in [6, 6.07) is 0.00108. The van der Waals surface area contributed by atoms with Gasteiger partial charge in [-0.3, -0.25) is 9.48 Å². The molecule has 2 atom stereocenters. The zero-order valence-electron chi connectivity index (χ0n) is 11.8. The summed E-state index contributed by atoms with van der Waals surface area (Å²) in [5, 5.41) is 12.8. The van der Waals surface area contributed by atoms with Gasteiger partial charge in [-0.25, -0.2) is 13.1 Å². The second-order valence-corrected chi connectivity index (χ2v) is 6.96. The quantitative estimate of drug-likeness (QED) is 0.804. The fourth-order valence-electron chi connectivity index (χ4n) is 2.23. The summed E-state index contributed by atoms with van der Waals surface area (Å²) in [4.78, 5) is 10.8. The monoisotopic (exact) mass is 301 g/mol. The molecule has 1 heterocycles. The van der Waals surface area contributed by atoms with E-state index in [1.807, 2.05) is 6.92 Å². The van der Waals surface area contributed by atoms with E-state index in [4.69, 9.17) is 5.11 Å². The first-order chi connectivity index (χ1) is 9.22. The van der Waals surface area contributed by atoms with Gasteiger partial charge in [-0.15, -0.1) is 0 Å². The van der Waals surface area contributed by atoms with Crippen molar-refractivity contribution in [3.05, 3.63) is 11.4 Å². The van der Waals surface area contributed by atoms with Crippen molar-refractivity contribution in [2.75, 3.05) is 0 Å². The highest BCUT2D eigenvalue weighted by Crippen LogP contribution is 2.31. The summed E-state index contributed by atoms with van der Waals surface area (Å²) >= 11 is 0. The first-order valence-electron chi connectivity index (χ1n) is 6.50. The molecule has 112 valence electrons. The molecule has 1 saturated carbocycles. The van der Waals surface area contributed by atoms with Crippen molar-refractivity contribution < 1.29 is 18.3 Å². The van der Waals surface area contributed by atoms with Gasteiger partial charge >= 0.3 is 5.97 Å². The molecular weight excluding hydrogens is 282 g/mol. The summed E-state index contributed by atoms with van der Waals surface area (Å²) in [5.41, 5.74) is 0.873. The Labute approximate surface area is 118 Å². The molecule has 2 N–H and O–H groups in total. The van der Waals surface area contributed by atoms with Crippen molar-refractivity contribution in [2.24, 2.45) is 5.92 Å². The normalized spacial score (nSPS) is 21.9. The van der Waals surface area contributed by atoms with Gasteiger partial charge in [0, 0.05) is 6.04 Å². The Balaban J connectivity index is 2.25. The molecule has 0 aliphatic heterocycles. The Bertz CT molecular complexity index is 635. The number of carbonyl (C=O) groups is 1. The van der Waals surface area contributed by atoms with Gasteiger partial charge in [0.25, 0.3) is 0 Å². The van der Waals surface area contributed by atoms with Gasteiger partial charge in [-0.1, -0.05) is 6.92 Å². The average molecular weight is 301 g/mol. The van der Waals surface area contributed by atoms with E-state index >= 15 is 0 Å². The van der Waals surface area contributed by atoms with Gasteiger partial charge in [0.15, 0.2) is 0 Å². The van der Waals surface area contributed by atoms with Crippen LogP contribution < -0.4 is 4.72 Å². The molecule has 1 aliphatic rings. The Morgan fingerprint density at radius 1 is 1.50 bits per heavy atom. The predicted octanol–water partition coefficient (Wildman–Crippen LogP) is 0.661. The highest BCUT2D eigenvalue weighted by molar-refractivity contribution is 7.89. The number of aryl methyl sites for hydroxylation is 2. The van der Waals surface area contributed by atoms with Crippen LogP contribution in [0.3, 0.4) is 0 Å². The molecule has 0 amide bonds. The number of carboxylic acids is 1. The Morgan fingerprint density at radius 3 is 2.60 bits per heavy atom. The van der Waals surface area contributed by atoms with Crippen molar-refractivity contribution in [2.45, 2.75) is 51.1 Å². The second-order valence-electron chi connectivity index (χ2n) is 5.31. The number of hydrogen-bond donors (Lipinski definition) is 2. The number of rotatable bonds is 6. The van der Waals surface area contributed by atoms with E-state index < -0.39 is 16.0 Å². The molecule has 1 aromatic heterocycles. The molecule has 7 nitrogen and oxygen atoms in total. The topological polar surface area (TPSA) is 101 Å². The van der Waals surface area contributed by atoms with Crippen LogP contribution in [0.1, 0.15) is 31.2 Å². The van der Waals surface area contributed by atoms with Crippen LogP contribution >= 0.6 is 0 Å². The molecular formula is C12H19N3O4S. The summed E-state index contributed by atoms with van der Waals surface area (Å²) < 4.78 is 28.8. The van der Waals surface area contributed by atoms with E-state index in [2.05, 4.69) is 9.82 Å². The highest BCUT2D eigenvalue weighted by Gasteiger charge is 2.38. The lowest BCUT2D eigenvalue weighted by Gasteiger charge is -2.07. The van der Waals surface area contributed by atoms with E-state index in [0.29, 0.717) is 17.3 Å². The zero-order chi connectivity index (χ0) is 15.1. The number of hydrogen-bond acceptors (Lipinski definition) is 4. The second kappa shape index (κ2) is 5.17. The maximum atomic E-state index is 12.3. The van der Waals surface area contributed by atoms with Crippen molar-refractivity contribution in [1.29, 1.82) is 0 Å². The van der Waals surface area contributed by atoms with Crippen LogP contribution in [0.5, 0.6) is 0 Å². The smallest absolute Gasteiger partial charge is 0.305 e. The maximum Gasteiger partial charge on any atom is 0.305 e. The molecule has 8 heteroatoms. The molecule has 1 aliphatic carbocycles. The molecule has 1 fully saturated rings. The van der Waals surface area contributed by atoms with E-state index in [9.17, 15) is 13.2 Å². The first kappa shape index (κ1) is 15.0. The third-order valence-electron chi connectivity index (χ3n) is 3.54. The number of carboxylic acid groups (broad SMARTS) is 1. The summed E-state index contributed by atoms with van der Waals surface area (Å²) in [7, 11) is -3.59. The fourth-order valence-corrected chi connectivity index (χ4v) is 4.00. The molecule has 20 heavy (non-hydrogen) atoms. The summed E-state index contributed by atoms with van der Waals surface area (Å²) in [6.07, 6.45) is 0.763. The van der Waals surface area contributed by atoms with Crippen LogP contribution in [-0.4, -0.2) is 35.3 Å². The van der Waals surface area contributed by atoms with Crippen LogP contribution in [-0.2, 0) is 21.4 Å². The SMILES string of the molecule is Cc1nn(CCC(=O)O)c(C)c1S(=O)(=O)NC1CC1C. The average Bonchev–Trinajstić information content (AvgIpc) is 2.88. The lowest BCUT2D eigenvalue weighted by molar-refractivity contribution is -0.137. The van der Waals surface area contributed by atoms with Crippen molar-refractivity contribution >= 4 is 16.0 Å². The van der Waals surface area contributed by atoms with E-state index in [1.54, 1.807) is 13.8 Å². The van der Waals surface area contributed by atoms with Crippen molar-refractivity contribution in [3.63, 3.8) is 0 Å². The maximum absolute atomic E-state index is 12.3. The lowest BCUT2D eigenvalue weighted by Crippen LogP contribution is -2.27. The van der Waals surface area contributed by atoms with Gasteiger partial charge in [-0.2, -0.15) is 5.10 Å². The van der Waals surface area contributed by atoms with Crippen molar-refractivity contribution in [1.82, 2.24) is 14.5 Å². The molecule has 0 saturated heterocycles.